The van der Waals surface area contributed by atoms with Gasteiger partial charge in [0.25, 0.3) is 0 Å². The van der Waals surface area contributed by atoms with Gasteiger partial charge in [0.1, 0.15) is 0 Å². The van der Waals surface area contributed by atoms with Crippen LogP contribution in [0.25, 0.3) is 0 Å². The minimum absolute atomic E-state index is 0.338. The van der Waals surface area contributed by atoms with Crippen LogP contribution in [0, 0.1) is 0 Å². The van der Waals surface area contributed by atoms with Crippen LogP contribution in [0.3, 0.4) is 0 Å². The molecule has 18 heavy (non-hydrogen) atoms. The molecule has 1 aliphatic rings. The van der Waals surface area contributed by atoms with Gasteiger partial charge < -0.3 is 9.80 Å². The fourth-order valence-electron chi connectivity index (χ4n) is 2.00. The Labute approximate surface area is 115 Å². The molecule has 1 heterocycles. The van der Waals surface area contributed by atoms with Gasteiger partial charge >= 0.3 is 0 Å². The molecular weight excluding hydrogens is 224 g/mol. The minimum atomic E-state index is 0.338. The second-order valence-electron chi connectivity index (χ2n) is 4.33. The van der Waals surface area contributed by atoms with Gasteiger partial charge in [-0.25, -0.2) is 0 Å². The highest BCUT2D eigenvalue weighted by Gasteiger charge is 2.22. The van der Waals surface area contributed by atoms with Crippen molar-refractivity contribution in [1.29, 1.82) is 0 Å². The monoisotopic (exact) mass is 258 g/mol. The molecule has 1 rings (SSSR count). The van der Waals surface area contributed by atoms with Gasteiger partial charge in [0, 0.05) is 25.6 Å². The minimum Gasteiger partial charge on any atom is -0.343 e. The van der Waals surface area contributed by atoms with Gasteiger partial charge in [0.15, 0.2) is 0 Å². The van der Waals surface area contributed by atoms with Crippen molar-refractivity contribution in [3.8, 4) is 0 Å². The summed E-state index contributed by atoms with van der Waals surface area (Å²) >= 11 is 0. The van der Waals surface area contributed by atoms with E-state index in [0.717, 1.165) is 32.4 Å². The van der Waals surface area contributed by atoms with Crippen LogP contribution >= 0.6 is 0 Å². The molecule has 0 radical (unpaired) electrons. The third-order valence-electron chi connectivity index (χ3n) is 3.01. The second kappa shape index (κ2) is 12.9. The van der Waals surface area contributed by atoms with E-state index in [1.807, 2.05) is 32.6 Å². The number of carbonyl (C=O) groups excluding carboxylic acids is 1. The molecule has 1 fully saturated rings. The van der Waals surface area contributed by atoms with Crippen molar-refractivity contribution in [3.63, 3.8) is 0 Å². The van der Waals surface area contributed by atoms with Gasteiger partial charge in [-0.3, -0.25) is 4.79 Å². The van der Waals surface area contributed by atoms with E-state index < -0.39 is 0 Å². The molecule has 0 bridgehead atoms. The maximum Gasteiger partial charge on any atom is 0.222 e. The van der Waals surface area contributed by atoms with Crippen molar-refractivity contribution < 1.29 is 4.79 Å². The maximum atomic E-state index is 11.6. The average molecular weight is 258 g/mol. The first-order chi connectivity index (χ1) is 8.65. The summed E-state index contributed by atoms with van der Waals surface area (Å²) in [7, 11) is 4.24. The van der Waals surface area contributed by atoms with E-state index in [0.29, 0.717) is 18.4 Å². The van der Waals surface area contributed by atoms with Crippen molar-refractivity contribution in [2.45, 2.75) is 66.3 Å². The van der Waals surface area contributed by atoms with Gasteiger partial charge in [0.05, 0.1) is 0 Å². The number of amides is 1. The molecule has 1 aliphatic heterocycles. The molecular formula is C15H34N2O. The number of carbonyl (C=O) groups is 1. The summed E-state index contributed by atoms with van der Waals surface area (Å²) < 4.78 is 0. The smallest absolute Gasteiger partial charge is 0.222 e. The van der Waals surface area contributed by atoms with Crippen LogP contribution < -0.4 is 0 Å². The molecule has 0 aliphatic carbocycles. The summed E-state index contributed by atoms with van der Waals surface area (Å²) in [5.74, 6) is 0.338. The second-order valence-corrected chi connectivity index (χ2v) is 4.33. The lowest BCUT2D eigenvalue weighted by molar-refractivity contribution is -0.132. The molecule has 0 spiro atoms. The topological polar surface area (TPSA) is 23.6 Å². The maximum absolute atomic E-state index is 11.6. The Kier molecular flexibility index (Phi) is 14.1. The first-order valence-electron chi connectivity index (χ1n) is 7.59. The van der Waals surface area contributed by atoms with Gasteiger partial charge in [-0.05, 0) is 33.4 Å². The van der Waals surface area contributed by atoms with Crippen molar-refractivity contribution in [3.05, 3.63) is 0 Å². The largest absolute Gasteiger partial charge is 0.343 e. The lowest BCUT2D eigenvalue weighted by Crippen LogP contribution is -2.44. The molecule has 110 valence electrons. The molecule has 1 amide bonds. The van der Waals surface area contributed by atoms with Crippen molar-refractivity contribution in [2.24, 2.45) is 0 Å². The van der Waals surface area contributed by atoms with E-state index in [2.05, 4.69) is 25.9 Å². The number of hydrogen-bond donors (Lipinski definition) is 0. The van der Waals surface area contributed by atoms with Crippen LogP contribution in [0.2, 0.25) is 0 Å². The Morgan fingerprint density at radius 1 is 1.11 bits per heavy atom. The van der Waals surface area contributed by atoms with Crippen LogP contribution in [0.1, 0.15) is 60.3 Å². The molecule has 0 saturated carbocycles. The third kappa shape index (κ3) is 7.70. The third-order valence-corrected chi connectivity index (χ3v) is 3.01. The quantitative estimate of drug-likeness (QED) is 0.774. The molecule has 3 heteroatoms. The van der Waals surface area contributed by atoms with Crippen molar-refractivity contribution >= 4 is 5.91 Å². The van der Waals surface area contributed by atoms with E-state index in [9.17, 15) is 4.79 Å². The van der Waals surface area contributed by atoms with E-state index in [1.54, 1.807) is 0 Å². The summed E-state index contributed by atoms with van der Waals surface area (Å²) in [6.45, 7) is 12.0. The zero-order chi connectivity index (χ0) is 14.6. The molecule has 0 aromatic rings. The summed E-state index contributed by atoms with van der Waals surface area (Å²) in [5, 5.41) is 0. The van der Waals surface area contributed by atoms with Crippen LogP contribution in [0.15, 0.2) is 0 Å². The van der Waals surface area contributed by atoms with Crippen molar-refractivity contribution in [2.75, 3.05) is 27.2 Å². The predicted molar refractivity (Wildman–Crippen MR) is 80.9 cm³/mol. The normalized spacial score (nSPS) is 15.4. The molecule has 3 nitrogen and oxygen atoms in total. The fraction of sp³-hybridized carbons (Fsp3) is 0.933. The van der Waals surface area contributed by atoms with E-state index in [1.165, 1.54) is 0 Å². The van der Waals surface area contributed by atoms with Gasteiger partial charge in [-0.2, -0.15) is 0 Å². The SMILES string of the molecule is CC.CC.CCCC(=O)N1CCC(N(C)C)CC1. The van der Waals surface area contributed by atoms with E-state index in [4.69, 9.17) is 0 Å². The molecule has 0 aromatic heterocycles. The number of piperidine rings is 1. The van der Waals surface area contributed by atoms with Crippen LogP contribution in [0.4, 0.5) is 0 Å². The standard InChI is InChI=1S/C11H22N2O.2C2H6/c1-4-5-11(14)13-8-6-10(7-9-13)12(2)3;2*1-2/h10H,4-9H2,1-3H3;2*1-2H3. The Balaban J connectivity index is 0. The van der Waals surface area contributed by atoms with Gasteiger partial charge in [-0.1, -0.05) is 34.6 Å². The predicted octanol–water partition coefficient (Wildman–Crippen LogP) is 3.39. The first-order valence-corrected chi connectivity index (χ1v) is 7.59. The van der Waals surface area contributed by atoms with Crippen LogP contribution in [-0.4, -0.2) is 48.9 Å². The van der Waals surface area contributed by atoms with Crippen LogP contribution in [0.5, 0.6) is 0 Å². The van der Waals surface area contributed by atoms with Gasteiger partial charge in [-0.15, -0.1) is 0 Å². The highest BCUT2D eigenvalue weighted by Crippen LogP contribution is 2.15. The van der Waals surface area contributed by atoms with Crippen LogP contribution in [-0.2, 0) is 4.79 Å². The Morgan fingerprint density at radius 3 is 1.89 bits per heavy atom. The number of likely N-dealkylation sites (tertiary alicyclic amines) is 1. The lowest BCUT2D eigenvalue weighted by atomic mass is 10.0. The molecule has 0 N–H and O–H groups in total. The number of nitrogens with zero attached hydrogens (tertiary/aromatic N) is 2. The molecule has 0 atom stereocenters. The molecule has 0 aromatic carbocycles. The van der Waals surface area contributed by atoms with Crippen molar-refractivity contribution in [1.82, 2.24) is 9.80 Å². The van der Waals surface area contributed by atoms with E-state index in [-0.39, 0.29) is 0 Å². The molecule has 1 saturated heterocycles. The Bertz CT molecular complexity index is 185. The van der Waals surface area contributed by atoms with E-state index >= 15 is 0 Å². The number of hydrogen-bond acceptors (Lipinski definition) is 2. The Morgan fingerprint density at radius 2 is 1.56 bits per heavy atom. The summed E-state index contributed by atoms with van der Waals surface area (Å²) in [4.78, 5) is 15.9. The van der Waals surface area contributed by atoms with Gasteiger partial charge in [0.2, 0.25) is 5.91 Å². The summed E-state index contributed by atoms with van der Waals surface area (Å²) in [6.07, 6.45) is 3.93. The highest BCUT2D eigenvalue weighted by molar-refractivity contribution is 5.76. The first kappa shape index (κ1) is 19.8. The Hall–Kier alpha value is -0.570. The highest BCUT2D eigenvalue weighted by atomic mass is 16.2. The zero-order valence-electron chi connectivity index (χ0n) is 13.6. The summed E-state index contributed by atoms with van der Waals surface area (Å²) in [5.41, 5.74) is 0. The molecule has 0 unspecified atom stereocenters. The number of rotatable bonds is 3. The zero-order valence-corrected chi connectivity index (χ0v) is 13.6. The lowest BCUT2D eigenvalue weighted by Gasteiger charge is -2.35. The average Bonchev–Trinajstić information content (AvgIpc) is 2.43. The summed E-state index contributed by atoms with van der Waals surface area (Å²) in [6, 6.07) is 0.667. The fourth-order valence-corrected chi connectivity index (χ4v) is 2.00.